The summed E-state index contributed by atoms with van der Waals surface area (Å²) in [5, 5.41) is 7.64. The van der Waals surface area contributed by atoms with E-state index in [0.717, 1.165) is 32.6 Å². The van der Waals surface area contributed by atoms with Crippen LogP contribution in [0.1, 0.15) is 25.1 Å². The Morgan fingerprint density at radius 1 is 1.50 bits per heavy atom. The number of aromatic nitrogens is 2. The second-order valence-electron chi connectivity index (χ2n) is 4.48. The minimum absolute atomic E-state index is 0.611. The SMILES string of the molecule is CCN1CC(n2nccc2CCCNC)C1. The average Bonchev–Trinajstić information content (AvgIpc) is 2.65. The molecule has 16 heavy (non-hydrogen) atoms. The predicted octanol–water partition coefficient (Wildman–Crippen LogP) is 0.912. The van der Waals surface area contributed by atoms with Crippen molar-refractivity contribution in [3.63, 3.8) is 0 Å². The zero-order chi connectivity index (χ0) is 11.4. The zero-order valence-corrected chi connectivity index (χ0v) is 10.3. The van der Waals surface area contributed by atoms with Gasteiger partial charge in [0.25, 0.3) is 0 Å². The average molecular weight is 222 g/mol. The number of nitrogens with zero attached hydrogens (tertiary/aromatic N) is 3. The van der Waals surface area contributed by atoms with Crippen LogP contribution < -0.4 is 5.32 Å². The molecular weight excluding hydrogens is 200 g/mol. The Morgan fingerprint density at radius 3 is 3.00 bits per heavy atom. The molecule has 0 unspecified atom stereocenters. The second-order valence-corrected chi connectivity index (χ2v) is 4.48. The molecule has 1 saturated heterocycles. The van der Waals surface area contributed by atoms with Crippen molar-refractivity contribution in [2.75, 3.05) is 33.2 Å². The first-order chi connectivity index (χ1) is 7.85. The van der Waals surface area contributed by atoms with Crippen LogP contribution in [0.25, 0.3) is 0 Å². The van der Waals surface area contributed by atoms with Crippen molar-refractivity contribution >= 4 is 0 Å². The summed E-state index contributed by atoms with van der Waals surface area (Å²) in [7, 11) is 2.00. The normalized spacial score (nSPS) is 17.6. The Balaban J connectivity index is 1.87. The fourth-order valence-electron chi connectivity index (χ4n) is 2.27. The van der Waals surface area contributed by atoms with Crippen molar-refractivity contribution in [2.24, 2.45) is 0 Å². The minimum atomic E-state index is 0.611. The van der Waals surface area contributed by atoms with Gasteiger partial charge in [-0.25, -0.2) is 0 Å². The third-order valence-electron chi connectivity index (χ3n) is 3.34. The van der Waals surface area contributed by atoms with Crippen molar-refractivity contribution in [3.8, 4) is 0 Å². The number of hydrogen-bond donors (Lipinski definition) is 1. The van der Waals surface area contributed by atoms with E-state index >= 15 is 0 Å². The smallest absolute Gasteiger partial charge is 0.0775 e. The molecule has 4 nitrogen and oxygen atoms in total. The lowest BCUT2D eigenvalue weighted by Gasteiger charge is -2.39. The lowest BCUT2D eigenvalue weighted by molar-refractivity contribution is 0.103. The molecule has 0 bridgehead atoms. The van der Waals surface area contributed by atoms with Crippen LogP contribution in [-0.4, -0.2) is 47.9 Å². The molecule has 1 N–H and O–H groups in total. The highest BCUT2D eigenvalue weighted by atomic mass is 15.4. The Bertz CT molecular complexity index is 315. The molecular formula is C12H22N4. The third-order valence-corrected chi connectivity index (χ3v) is 3.34. The maximum absolute atomic E-state index is 4.46. The summed E-state index contributed by atoms with van der Waals surface area (Å²) in [5.74, 6) is 0. The highest BCUT2D eigenvalue weighted by Crippen LogP contribution is 2.21. The summed E-state index contributed by atoms with van der Waals surface area (Å²) < 4.78 is 2.22. The molecule has 0 aromatic carbocycles. The van der Waals surface area contributed by atoms with Crippen molar-refractivity contribution in [3.05, 3.63) is 18.0 Å². The fraction of sp³-hybridized carbons (Fsp3) is 0.750. The maximum Gasteiger partial charge on any atom is 0.0775 e. The lowest BCUT2D eigenvalue weighted by atomic mass is 10.1. The van der Waals surface area contributed by atoms with E-state index in [9.17, 15) is 0 Å². The van der Waals surface area contributed by atoms with Crippen molar-refractivity contribution < 1.29 is 0 Å². The highest BCUT2D eigenvalue weighted by Gasteiger charge is 2.28. The standard InChI is InChI=1S/C12H22N4/c1-3-15-9-12(10-15)16-11(6-8-14-16)5-4-7-13-2/h6,8,12-13H,3-5,7,9-10H2,1-2H3. The monoisotopic (exact) mass is 222 g/mol. The number of rotatable bonds is 6. The van der Waals surface area contributed by atoms with Gasteiger partial charge >= 0.3 is 0 Å². The molecule has 2 rings (SSSR count). The van der Waals surface area contributed by atoms with E-state index in [-0.39, 0.29) is 0 Å². The molecule has 0 aliphatic carbocycles. The summed E-state index contributed by atoms with van der Waals surface area (Å²) >= 11 is 0. The molecule has 1 aromatic rings. The molecule has 90 valence electrons. The van der Waals surface area contributed by atoms with Crippen molar-refractivity contribution in [1.29, 1.82) is 0 Å². The number of likely N-dealkylation sites (tertiary alicyclic amines) is 1. The Morgan fingerprint density at radius 2 is 2.31 bits per heavy atom. The Kier molecular flexibility index (Phi) is 3.96. The van der Waals surface area contributed by atoms with Gasteiger partial charge in [0.05, 0.1) is 6.04 Å². The van der Waals surface area contributed by atoms with Crippen molar-refractivity contribution in [1.82, 2.24) is 20.0 Å². The van der Waals surface area contributed by atoms with Crippen LogP contribution >= 0.6 is 0 Å². The Hall–Kier alpha value is -0.870. The molecule has 1 fully saturated rings. The fourth-order valence-corrected chi connectivity index (χ4v) is 2.27. The van der Waals surface area contributed by atoms with Crippen LogP contribution in [0.4, 0.5) is 0 Å². The van der Waals surface area contributed by atoms with Gasteiger partial charge in [-0.2, -0.15) is 5.10 Å². The molecule has 1 aromatic heterocycles. The van der Waals surface area contributed by atoms with Crippen LogP contribution in [-0.2, 0) is 6.42 Å². The van der Waals surface area contributed by atoms with E-state index < -0.39 is 0 Å². The summed E-state index contributed by atoms with van der Waals surface area (Å²) in [6.07, 6.45) is 4.25. The first-order valence-electron chi connectivity index (χ1n) is 6.24. The molecule has 0 spiro atoms. The molecule has 4 heteroatoms. The van der Waals surface area contributed by atoms with Gasteiger partial charge in [0.15, 0.2) is 0 Å². The molecule has 0 atom stereocenters. The number of aryl methyl sites for hydroxylation is 1. The van der Waals surface area contributed by atoms with E-state index in [2.05, 4.69) is 33.0 Å². The molecule has 0 amide bonds. The number of nitrogens with one attached hydrogen (secondary N) is 1. The van der Waals surface area contributed by atoms with Gasteiger partial charge in [0.2, 0.25) is 0 Å². The first kappa shape index (κ1) is 11.6. The number of hydrogen-bond acceptors (Lipinski definition) is 3. The van der Waals surface area contributed by atoms with Crippen molar-refractivity contribution in [2.45, 2.75) is 25.8 Å². The topological polar surface area (TPSA) is 33.1 Å². The van der Waals surface area contributed by atoms with Gasteiger partial charge in [-0.1, -0.05) is 6.92 Å². The quantitative estimate of drug-likeness (QED) is 0.726. The summed E-state index contributed by atoms with van der Waals surface area (Å²) in [6, 6.07) is 2.77. The molecule has 0 saturated carbocycles. The highest BCUT2D eigenvalue weighted by molar-refractivity contribution is 5.04. The van der Waals surface area contributed by atoms with E-state index in [1.54, 1.807) is 0 Å². The van der Waals surface area contributed by atoms with E-state index in [0.29, 0.717) is 6.04 Å². The Labute approximate surface area is 97.6 Å². The molecule has 1 aliphatic rings. The van der Waals surface area contributed by atoms with Crippen LogP contribution in [0, 0.1) is 0 Å². The molecule has 2 heterocycles. The van der Waals surface area contributed by atoms with E-state index in [1.165, 1.54) is 12.1 Å². The minimum Gasteiger partial charge on any atom is -0.320 e. The first-order valence-corrected chi connectivity index (χ1v) is 6.24. The lowest BCUT2D eigenvalue weighted by Crippen LogP contribution is -2.48. The van der Waals surface area contributed by atoms with E-state index in [4.69, 9.17) is 0 Å². The van der Waals surface area contributed by atoms with Gasteiger partial charge in [-0.3, -0.25) is 9.58 Å². The molecule has 0 radical (unpaired) electrons. The van der Waals surface area contributed by atoms with Gasteiger partial charge in [0, 0.05) is 25.0 Å². The van der Waals surface area contributed by atoms with Gasteiger partial charge < -0.3 is 5.32 Å². The van der Waals surface area contributed by atoms with Gasteiger partial charge in [0.1, 0.15) is 0 Å². The maximum atomic E-state index is 4.46. The van der Waals surface area contributed by atoms with Gasteiger partial charge in [-0.15, -0.1) is 0 Å². The van der Waals surface area contributed by atoms with Crippen LogP contribution in [0.3, 0.4) is 0 Å². The molecule has 1 aliphatic heterocycles. The second kappa shape index (κ2) is 5.46. The van der Waals surface area contributed by atoms with Crippen LogP contribution in [0.5, 0.6) is 0 Å². The summed E-state index contributed by atoms with van der Waals surface area (Å²) in [5.41, 5.74) is 1.39. The largest absolute Gasteiger partial charge is 0.320 e. The summed E-state index contributed by atoms with van der Waals surface area (Å²) in [4.78, 5) is 2.45. The number of likely N-dealkylation sites (N-methyl/N-ethyl adjacent to an activating group) is 1. The zero-order valence-electron chi connectivity index (χ0n) is 10.3. The predicted molar refractivity (Wildman–Crippen MR) is 65.6 cm³/mol. The van der Waals surface area contributed by atoms with Gasteiger partial charge in [-0.05, 0) is 39.0 Å². The van der Waals surface area contributed by atoms with Crippen LogP contribution in [0.2, 0.25) is 0 Å². The summed E-state index contributed by atoms with van der Waals surface area (Å²) in [6.45, 7) is 6.78. The van der Waals surface area contributed by atoms with Crippen LogP contribution in [0.15, 0.2) is 12.3 Å². The van der Waals surface area contributed by atoms with E-state index in [1.807, 2.05) is 13.2 Å². The third kappa shape index (κ3) is 2.44.